The van der Waals surface area contributed by atoms with Crippen LogP contribution in [0.4, 0.5) is 5.69 Å². The summed E-state index contributed by atoms with van der Waals surface area (Å²) in [5.41, 5.74) is 8.69. The fourth-order valence-corrected chi connectivity index (χ4v) is 3.29. The summed E-state index contributed by atoms with van der Waals surface area (Å²) in [4.78, 5) is 11.1. The predicted molar refractivity (Wildman–Crippen MR) is 101 cm³/mol. The number of aromatic nitrogens is 3. The summed E-state index contributed by atoms with van der Waals surface area (Å²) in [6, 6.07) is 9.98. The van der Waals surface area contributed by atoms with Gasteiger partial charge < -0.3 is 15.5 Å². The molecule has 3 aromatic rings. The van der Waals surface area contributed by atoms with Gasteiger partial charge in [0.2, 0.25) is 5.91 Å². The molecule has 0 spiro atoms. The van der Waals surface area contributed by atoms with E-state index in [0.29, 0.717) is 18.2 Å². The van der Waals surface area contributed by atoms with Gasteiger partial charge in [-0.1, -0.05) is 29.5 Å². The zero-order valence-corrected chi connectivity index (χ0v) is 15.5. The maximum absolute atomic E-state index is 11.1. The second-order valence-electron chi connectivity index (χ2n) is 5.99. The third kappa shape index (κ3) is 4.45. The van der Waals surface area contributed by atoms with Crippen LogP contribution in [0.3, 0.4) is 0 Å². The first-order chi connectivity index (χ1) is 12.5. The van der Waals surface area contributed by atoms with Crippen molar-refractivity contribution >= 4 is 23.4 Å². The Balaban J connectivity index is 1.79. The minimum Gasteiger partial charge on any atom is -0.467 e. The van der Waals surface area contributed by atoms with Crippen molar-refractivity contribution in [3.8, 4) is 0 Å². The van der Waals surface area contributed by atoms with E-state index in [1.807, 2.05) is 16.7 Å². The number of aryl methyl sites for hydroxylation is 2. The minimum absolute atomic E-state index is 0.154. The lowest BCUT2D eigenvalue weighted by Gasteiger charge is -2.12. The lowest BCUT2D eigenvalue weighted by molar-refractivity contribution is -0.115. The molecule has 0 saturated heterocycles. The van der Waals surface area contributed by atoms with Crippen molar-refractivity contribution in [3.05, 3.63) is 59.3 Å². The topological polar surface area (TPSA) is 99.0 Å². The summed E-state index contributed by atoms with van der Waals surface area (Å²) in [5.74, 6) is 1.31. The zero-order chi connectivity index (χ0) is 18.5. The highest BCUT2D eigenvalue weighted by Crippen LogP contribution is 2.21. The van der Waals surface area contributed by atoms with Crippen LogP contribution >= 0.6 is 11.8 Å². The quantitative estimate of drug-likeness (QED) is 0.591. The fraction of sp³-hybridized carbons (Fsp3) is 0.278. The Morgan fingerprint density at radius 3 is 2.85 bits per heavy atom. The molecule has 1 amide bonds. The van der Waals surface area contributed by atoms with Gasteiger partial charge in [-0.25, -0.2) is 0 Å². The van der Waals surface area contributed by atoms with E-state index in [9.17, 15) is 4.79 Å². The summed E-state index contributed by atoms with van der Waals surface area (Å²) in [6.07, 6.45) is 1.63. The number of amides is 1. The molecule has 2 aromatic heterocycles. The normalized spacial score (nSPS) is 10.8. The minimum atomic E-state index is -0.391. The molecule has 1 aromatic carbocycles. The van der Waals surface area contributed by atoms with Crippen molar-refractivity contribution in [2.75, 3.05) is 11.1 Å². The number of anilines is 1. The molecule has 26 heavy (non-hydrogen) atoms. The molecule has 7 nitrogen and oxygen atoms in total. The molecule has 0 fully saturated rings. The molecular formula is C18H21N5O2S. The molecule has 8 heteroatoms. The molecule has 3 rings (SSSR count). The molecule has 0 radical (unpaired) electrons. The van der Waals surface area contributed by atoms with Crippen LogP contribution in [0.1, 0.15) is 22.7 Å². The number of hydrogen-bond acceptors (Lipinski definition) is 6. The highest BCUT2D eigenvalue weighted by Gasteiger charge is 2.15. The van der Waals surface area contributed by atoms with Crippen molar-refractivity contribution in [3.63, 3.8) is 0 Å². The van der Waals surface area contributed by atoms with Crippen LogP contribution < -0.4 is 11.1 Å². The van der Waals surface area contributed by atoms with Gasteiger partial charge in [0.15, 0.2) is 11.0 Å². The van der Waals surface area contributed by atoms with Crippen LogP contribution in [0.15, 0.2) is 46.2 Å². The number of nitrogens with zero attached hydrogens (tertiary/aromatic N) is 3. The van der Waals surface area contributed by atoms with Gasteiger partial charge in [0.25, 0.3) is 0 Å². The largest absolute Gasteiger partial charge is 0.467 e. The third-order valence-corrected chi connectivity index (χ3v) is 4.84. The first-order valence-electron chi connectivity index (χ1n) is 8.19. The number of carbonyl (C=O) groups excluding carboxylic acids is 1. The van der Waals surface area contributed by atoms with Gasteiger partial charge in [0.1, 0.15) is 5.76 Å². The maximum atomic E-state index is 11.1. The van der Waals surface area contributed by atoms with Crippen LogP contribution in [0.5, 0.6) is 0 Å². The van der Waals surface area contributed by atoms with Crippen molar-refractivity contribution in [1.29, 1.82) is 0 Å². The van der Waals surface area contributed by atoms with E-state index in [-0.39, 0.29) is 5.75 Å². The highest BCUT2D eigenvalue weighted by atomic mass is 32.2. The second-order valence-corrected chi connectivity index (χ2v) is 6.93. The summed E-state index contributed by atoms with van der Waals surface area (Å²) in [6.45, 7) is 5.13. The predicted octanol–water partition coefficient (Wildman–Crippen LogP) is 2.73. The van der Waals surface area contributed by atoms with E-state index in [4.69, 9.17) is 10.2 Å². The Morgan fingerprint density at radius 1 is 1.31 bits per heavy atom. The average molecular weight is 371 g/mol. The first-order valence-corrected chi connectivity index (χ1v) is 9.18. The molecule has 0 bridgehead atoms. The van der Waals surface area contributed by atoms with Crippen LogP contribution in [-0.2, 0) is 17.9 Å². The van der Waals surface area contributed by atoms with E-state index >= 15 is 0 Å². The number of benzene rings is 1. The number of rotatable bonds is 8. The molecule has 0 aliphatic carbocycles. The molecule has 0 atom stereocenters. The van der Waals surface area contributed by atoms with Crippen LogP contribution in [-0.4, -0.2) is 26.4 Å². The third-order valence-electron chi connectivity index (χ3n) is 3.85. The molecule has 0 aliphatic rings. The highest BCUT2D eigenvalue weighted by molar-refractivity contribution is 7.99. The van der Waals surface area contributed by atoms with Crippen LogP contribution in [0.2, 0.25) is 0 Å². The van der Waals surface area contributed by atoms with Gasteiger partial charge >= 0.3 is 0 Å². The SMILES string of the molecule is Cc1ccc(NCc2nnc(SCC(N)=O)n2Cc2ccco2)c(C)c1. The second kappa shape index (κ2) is 8.09. The zero-order valence-electron chi connectivity index (χ0n) is 14.7. The number of primary amides is 1. The molecule has 0 unspecified atom stereocenters. The van der Waals surface area contributed by atoms with Crippen LogP contribution in [0, 0.1) is 13.8 Å². The molecule has 0 saturated carbocycles. The summed E-state index contributed by atoms with van der Waals surface area (Å²) < 4.78 is 7.37. The Hall–Kier alpha value is -2.74. The standard InChI is InChI=1S/C18H21N5O2S/c1-12-5-6-15(13(2)8-12)20-9-17-21-22-18(26-11-16(19)24)23(17)10-14-4-3-7-25-14/h3-8,20H,9-11H2,1-2H3,(H2,19,24). The van der Waals surface area contributed by atoms with E-state index < -0.39 is 5.91 Å². The lowest BCUT2D eigenvalue weighted by atomic mass is 10.1. The lowest BCUT2D eigenvalue weighted by Crippen LogP contribution is -2.15. The van der Waals surface area contributed by atoms with Gasteiger partial charge in [-0.15, -0.1) is 10.2 Å². The van der Waals surface area contributed by atoms with Crippen molar-refractivity contribution in [1.82, 2.24) is 14.8 Å². The van der Waals surface area contributed by atoms with Gasteiger partial charge in [0.05, 0.1) is 25.1 Å². The Bertz CT molecular complexity index is 889. The molecular weight excluding hydrogens is 350 g/mol. The Kier molecular flexibility index (Phi) is 5.62. The summed E-state index contributed by atoms with van der Waals surface area (Å²) >= 11 is 1.27. The maximum Gasteiger partial charge on any atom is 0.227 e. The van der Waals surface area contributed by atoms with Crippen molar-refractivity contribution in [2.24, 2.45) is 5.73 Å². The average Bonchev–Trinajstić information content (AvgIpc) is 3.23. The van der Waals surface area contributed by atoms with E-state index in [1.165, 1.54) is 22.9 Å². The molecule has 136 valence electrons. The summed E-state index contributed by atoms with van der Waals surface area (Å²) in [5, 5.41) is 12.5. The van der Waals surface area contributed by atoms with Crippen LogP contribution in [0.25, 0.3) is 0 Å². The number of carbonyl (C=O) groups is 1. The Labute approximate surface area is 156 Å². The molecule has 3 N–H and O–H groups in total. The van der Waals surface area contributed by atoms with Gasteiger partial charge in [-0.05, 0) is 37.6 Å². The first kappa shape index (κ1) is 18.1. The summed E-state index contributed by atoms with van der Waals surface area (Å²) in [7, 11) is 0. The number of furan rings is 1. The Morgan fingerprint density at radius 2 is 2.15 bits per heavy atom. The fourth-order valence-electron chi connectivity index (χ4n) is 2.60. The van der Waals surface area contributed by atoms with E-state index in [0.717, 1.165) is 17.3 Å². The molecule has 2 heterocycles. The van der Waals surface area contributed by atoms with Gasteiger partial charge in [-0.3, -0.25) is 9.36 Å². The van der Waals surface area contributed by atoms with Crippen molar-refractivity contribution < 1.29 is 9.21 Å². The number of hydrogen-bond donors (Lipinski definition) is 2. The molecule has 0 aliphatic heterocycles. The van der Waals surface area contributed by atoms with E-state index in [1.54, 1.807) is 6.26 Å². The smallest absolute Gasteiger partial charge is 0.227 e. The van der Waals surface area contributed by atoms with E-state index in [2.05, 4.69) is 47.6 Å². The number of nitrogens with one attached hydrogen (secondary N) is 1. The van der Waals surface area contributed by atoms with Crippen molar-refractivity contribution in [2.45, 2.75) is 32.1 Å². The monoisotopic (exact) mass is 371 g/mol. The van der Waals surface area contributed by atoms with Gasteiger partial charge in [-0.2, -0.15) is 0 Å². The number of thioether (sulfide) groups is 1. The van der Waals surface area contributed by atoms with Gasteiger partial charge in [0, 0.05) is 5.69 Å². The number of nitrogens with two attached hydrogens (primary N) is 1.